The molecule has 3 nitrogen and oxygen atoms in total. The van der Waals surface area contributed by atoms with Crippen molar-refractivity contribution in [3.05, 3.63) is 58.0 Å². The van der Waals surface area contributed by atoms with Crippen LogP contribution in [0.15, 0.2) is 45.5 Å². The van der Waals surface area contributed by atoms with Crippen molar-refractivity contribution in [1.29, 1.82) is 0 Å². The van der Waals surface area contributed by atoms with Crippen molar-refractivity contribution in [2.75, 3.05) is 7.05 Å². The minimum atomic E-state index is -0.00907. The number of amides is 1. The van der Waals surface area contributed by atoms with Gasteiger partial charge in [0.2, 0.25) is 0 Å². The van der Waals surface area contributed by atoms with Crippen molar-refractivity contribution >= 4 is 21.8 Å². The molecule has 2 rings (SSSR count). The van der Waals surface area contributed by atoms with E-state index in [1.807, 2.05) is 37.3 Å². The smallest absolute Gasteiger partial charge is 0.254 e. The van der Waals surface area contributed by atoms with Gasteiger partial charge < -0.3 is 9.32 Å². The summed E-state index contributed by atoms with van der Waals surface area (Å²) in [5.74, 6) is 0.767. The van der Waals surface area contributed by atoms with Gasteiger partial charge >= 0.3 is 0 Å². The number of hydrogen-bond donors (Lipinski definition) is 0. The lowest BCUT2D eigenvalue weighted by Gasteiger charge is -2.17. The first-order valence-corrected chi connectivity index (χ1v) is 6.42. The van der Waals surface area contributed by atoms with Gasteiger partial charge in [0.25, 0.3) is 5.91 Å². The summed E-state index contributed by atoms with van der Waals surface area (Å²) in [5, 5.41) is 0. The second-order valence-corrected chi connectivity index (χ2v) is 5.01. The van der Waals surface area contributed by atoms with E-state index in [0.29, 0.717) is 12.1 Å². The van der Waals surface area contributed by atoms with Crippen LogP contribution in [0.3, 0.4) is 0 Å². The molecule has 4 heteroatoms. The van der Waals surface area contributed by atoms with Crippen LogP contribution < -0.4 is 0 Å². The third-order valence-electron chi connectivity index (χ3n) is 2.82. The van der Waals surface area contributed by atoms with Gasteiger partial charge in [-0.15, -0.1) is 0 Å². The molecule has 0 unspecified atom stereocenters. The number of rotatable bonds is 3. The van der Waals surface area contributed by atoms with Gasteiger partial charge in [-0.25, -0.2) is 0 Å². The molecule has 0 aliphatic carbocycles. The summed E-state index contributed by atoms with van der Waals surface area (Å²) >= 11 is 3.43. The van der Waals surface area contributed by atoms with Crippen LogP contribution >= 0.6 is 15.9 Å². The van der Waals surface area contributed by atoms with Gasteiger partial charge in [-0.1, -0.05) is 22.0 Å². The van der Waals surface area contributed by atoms with Gasteiger partial charge in [0.05, 0.1) is 12.8 Å². The van der Waals surface area contributed by atoms with Gasteiger partial charge in [-0.2, -0.15) is 0 Å². The maximum absolute atomic E-state index is 12.3. The Hall–Kier alpha value is -1.55. The molecule has 0 radical (unpaired) electrons. The van der Waals surface area contributed by atoms with Crippen molar-refractivity contribution in [2.45, 2.75) is 13.5 Å². The maximum atomic E-state index is 12.3. The van der Waals surface area contributed by atoms with E-state index in [1.165, 1.54) is 0 Å². The topological polar surface area (TPSA) is 33.5 Å². The zero-order chi connectivity index (χ0) is 13.1. The van der Waals surface area contributed by atoms with Crippen molar-refractivity contribution in [3.8, 4) is 0 Å². The number of nitrogens with zero attached hydrogens (tertiary/aromatic N) is 1. The highest BCUT2D eigenvalue weighted by atomic mass is 79.9. The third-order valence-corrected chi connectivity index (χ3v) is 3.68. The summed E-state index contributed by atoms with van der Waals surface area (Å²) in [6, 6.07) is 9.31. The fraction of sp³-hybridized carbons (Fsp3) is 0.214. The molecule has 2 aromatic rings. The van der Waals surface area contributed by atoms with E-state index in [9.17, 15) is 4.79 Å². The molecule has 0 fully saturated rings. The molecular formula is C14H14BrNO2. The summed E-state index contributed by atoms with van der Waals surface area (Å²) < 4.78 is 6.19. The first kappa shape index (κ1) is 12.9. The third kappa shape index (κ3) is 2.64. The number of furan rings is 1. The molecule has 1 heterocycles. The molecule has 1 aromatic heterocycles. The fourth-order valence-electron chi connectivity index (χ4n) is 1.75. The van der Waals surface area contributed by atoms with Crippen LogP contribution in [0, 0.1) is 6.92 Å². The number of benzene rings is 1. The predicted molar refractivity (Wildman–Crippen MR) is 73.4 cm³/mol. The van der Waals surface area contributed by atoms with E-state index in [1.54, 1.807) is 18.2 Å². The number of hydrogen-bond acceptors (Lipinski definition) is 2. The van der Waals surface area contributed by atoms with E-state index >= 15 is 0 Å². The molecule has 0 saturated heterocycles. The average Bonchev–Trinajstić information content (AvgIpc) is 2.84. The number of carbonyl (C=O) groups excluding carboxylic acids is 1. The van der Waals surface area contributed by atoms with E-state index in [0.717, 1.165) is 15.8 Å². The Morgan fingerprint density at radius 1 is 1.33 bits per heavy atom. The quantitative estimate of drug-likeness (QED) is 0.867. The van der Waals surface area contributed by atoms with E-state index in [4.69, 9.17) is 4.42 Å². The molecule has 94 valence electrons. The highest BCUT2D eigenvalue weighted by molar-refractivity contribution is 9.10. The van der Waals surface area contributed by atoms with E-state index < -0.39 is 0 Å². The molecule has 1 aromatic carbocycles. The van der Waals surface area contributed by atoms with Crippen molar-refractivity contribution in [2.24, 2.45) is 0 Å². The van der Waals surface area contributed by atoms with Crippen LogP contribution in [0.5, 0.6) is 0 Å². The lowest BCUT2D eigenvalue weighted by Crippen LogP contribution is -2.26. The van der Waals surface area contributed by atoms with Crippen LogP contribution in [0.25, 0.3) is 0 Å². The Bertz CT molecular complexity index is 549. The lowest BCUT2D eigenvalue weighted by molar-refractivity contribution is 0.0774. The number of halogens is 1. The highest BCUT2D eigenvalue weighted by Crippen LogP contribution is 2.21. The molecular weight excluding hydrogens is 294 g/mol. The second kappa shape index (κ2) is 5.40. The largest absolute Gasteiger partial charge is 0.467 e. The second-order valence-electron chi connectivity index (χ2n) is 4.15. The van der Waals surface area contributed by atoms with Crippen molar-refractivity contribution < 1.29 is 9.21 Å². The first-order chi connectivity index (χ1) is 8.59. The predicted octanol–water partition coefficient (Wildman–Crippen LogP) is 3.62. The van der Waals surface area contributed by atoms with Crippen LogP contribution in [0.2, 0.25) is 0 Å². The van der Waals surface area contributed by atoms with Crippen LogP contribution in [-0.2, 0) is 6.54 Å². The highest BCUT2D eigenvalue weighted by Gasteiger charge is 2.16. The molecule has 18 heavy (non-hydrogen) atoms. The van der Waals surface area contributed by atoms with Crippen LogP contribution in [-0.4, -0.2) is 17.9 Å². The SMILES string of the molecule is Cc1c(Br)cccc1C(=O)N(C)Cc1ccco1. The summed E-state index contributed by atoms with van der Waals surface area (Å²) in [4.78, 5) is 14.0. The molecule has 1 amide bonds. The number of carbonyl (C=O) groups is 1. The summed E-state index contributed by atoms with van der Waals surface area (Å²) in [6.07, 6.45) is 1.61. The zero-order valence-electron chi connectivity index (χ0n) is 10.3. The van der Waals surface area contributed by atoms with E-state index in [-0.39, 0.29) is 5.91 Å². The monoisotopic (exact) mass is 307 g/mol. The standard InChI is InChI=1S/C14H14BrNO2/c1-10-12(6-3-7-13(10)15)14(17)16(2)9-11-5-4-8-18-11/h3-8H,9H2,1-2H3. The Kier molecular flexibility index (Phi) is 3.87. The van der Waals surface area contributed by atoms with Crippen molar-refractivity contribution in [1.82, 2.24) is 4.90 Å². The minimum absolute atomic E-state index is 0.00907. The average molecular weight is 308 g/mol. The Balaban J connectivity index is 2.18. The van der Waals surface area contributed by atoms with Gasteiger partial charge in [0, 0.05) is 17.1 Å². The molecule has 0 N–H and O–H groups in total. The molecule has 0 aliphatic heterocycles. The van der Waals surface area contributed by atoms with Gasteiger partial charge in [0.15, 0.2) is 0 Å². The summed E-state index contributed by atoms with van der Waals surface area (Å²) in [7, 11) is 1.77. The fourth-order valence-corrected chi connectivity index (χ4v) is 2.12. The van der Waals surface area contributed by atoms with Crippen molar-refractivity contribution in [3.63, 3.8) is 0 Å². The Morgan fingerprint density at radius 2 is 2.11 bits per heavy atom. The zero-order valence-corrected chi connectivity index (χ0v) is 11.9. The maximum Gasteiger partial charge on any atom is 0.254 e. The van der Waals surface area contributed by atoms with E-state index in [2.05, 4.69) is 15.9 Å². The van der Waals surface area contributed by atoms with Gasteiger partial charge in [-0.05, 0) is 36.8 Å². The molecule has 0 aliphatic rings. The lowest BCUT2D eigenvalue weighted by atomic mass is 10.1. The molecule has 0 saturated carbocycles. The molecule has 0 atom stereocenters. The Labute approximate surface area is 115 Å². The Morgan fingerprint density at radius 3 is 2.78 bits per heavy atom. The summed E-state index contributed by atoms with van der Waals surface area (Å²) in [5.41, 5.74) is 1.66. The minimum Gasteiger partial charge on any atom is -0.467 e. The normalized spacial score (nSPS) is 10.4. The first-order valence-electron chi connectivity index (χ1n) is 5.62. The van der Waals surface area contributed by atoms with Crippen LogP contribution in [0.1, 0.15) is 21.7 Å². The molecule has 0 bridgehead atoms. The van der Waals surface area contributed by atoms with Gasteiger partial charge in [-0.3, -0.25) is 4.79 Å². The van der Waals surface area contributed by atoms with Crippen LogP contribution in [0.4, 0.5) is 0 Å². The molecule has 0 spiro atoms. The summed E-state index contributed by atoms with van der Waals surface area (Å²) in [6.45, 7) is 2.40. The van der Waals surface area contributed by atoms with Gasteiger partial charge in [0.1, 0.15) is 5.76 Å².